The molecule has 0 spiro atoms. The molecule has 0 atom stereocenters. The Balaban J connectivity index is 1.37. The maximum Gasteiger partial charge on any atom is 0.0346 e. The summed E-state index contributed by atoms with van der Waals surface area (Å²) in [5, 5.41) is 11.9. The number of nitrogens with zero attached hydrogens (tertiary/aromatic N) is 3. The van der Waals surface area contributed by atoms with Crippen LogP contribution in [0.1, 0.15) is 0 Å². The van der Waals surface area contributed by atoms with Gasteiger partial charge in [-0.05, 0) is 135 Å². The van der Waals surface area contributed by atoms with Crippen LogP contribution in [0.5, 0.6) is 0 Å². The molecule has 0 unspecified atom stereocenters. The third-order valence-corrected chi connectivity index (χ3v) is 11.3. The first-order valence-electron chi connectivity index (χ1n) is 19.0. The third kappa shape index (κ3) is 5.17. The topological polar surface area (TPSA) is 38.7 Å². The highest BCUT2D eigenvalue weighted by Gasteiger charge is 2.23. The van der Waals surface area contributed by atoms with Gasteiger partial charge in [0.15, 0.2) is 0 Å². The number of fused-ring (bicyclic) bond motifs is 6. The van der Waals surface area contributed by atoms with Gasteiger partial charge in [0.1, 0.15) is 0 Å². The number of hydrogen-bond acceptors (Lipinski definition) is 3. The van der Waals surface area contributed by atoms with Crippen LogP contribution in [-0.4, -0.2) is 15.0 Å². The second-order valence-electron chi connectivity index (χ2n) is 14.4. The van der Waals surface area contributed by atoms with E-state index in [1.807, 2.05) is 55.4 Å². The Morgan fingerprint density at radius 3 is 1.39 bits per heavy atom. The first-order chi connectivity index (χ1) is 27.8. The fraction of sp³-hybridized carbons (Fsp3) is 0. The fourth-order valence-electron chi connectivity index (χ4n) is 8.82. The molecule has 3 heteroatoms. The molecule has 0 radical (unpaired) electrons. The van der Waals surface area contributed by atoms with E-state index in [9.17, 15) is 0 Å². The minimum absolute atomic E-state index is 1.07. The summed E-state index contributed by atoms with van der Waals surface area (Å²) in [7, 11) is 0. The summed E-state index contributed by atoms with van der Waals surface area (Å²) in [4.78, 5) is 14.0. The van der Waals surface area contributed by atoms with Crippen LogP contribution in [0.3, 0.4) is 0 Å². The monoisotopic (exact) mass is 711 g/mol. The van der Waals surface area contributed by atoms with E-state index in [2.05, 4.69) is 161 Å². The molecule has 0 aliphatic carbocycles. The lowest BCUT2D eigenvalue weighted by Crippen LogP contribution is -1.96. The van der Waals surface area contributed by atoms with Gasteiger partial charge in [0.2, 0.25) is 0 Å². The Hall–Kier alpha value is -7.49. The summed E-state index contributed by atoms with van der Waals surface area (Å²) >= 11 is 0. The van der Waals surface area contributed by atoms with Crippen molar-refractivity contribution in [3.8, 4) is 55.6 Å². The van der Waals surface area contributed by atoms with Gasteiger partial charge in [-0.2, -0.15) is 0 Å². The zero-order chi connectivity index (χ0) is 37.0. The third-order valence-electron chi connectivity index (χ3n) is 11.3. The van der Waals surface area contributed by atoms with Gasteiger partial charge < -0.3 is 0 Å². The highest BCUT2D eigenvalue weighted by Crippen LogP contribution is 2.50. The molecule has 8 aromatic carbocycles. The lowest BCUT2D eigenvalue weighted by atomic mass is 9.81. The Morgan fingerprint density at radius 2 is 0.714 bits per heavy atom. The van der Waals surface area contributed by atoms with E-state index in [0.717, 1.165) is 27.6 Å². The quantitative estimate of drug-likeness (QED) is 0.132. The number of benzene rings is 8. The normalized spacial score (nSPS) is 11.6. The van der Waals surface area contributed by atoms with Crippen molar-refractivity contribution in [2.75, 3.05) is 0 Å². The van der Waals surface area contributed by atoms with Crippen LogP contribution in [0.15, 0.2) is 201 Å². The van der Waals surface area contributed by atoms with Crippen LogP contribution in [0.25, 0.3) is 109 Å². The maximum absolute atomic E-state index is 4.67. The van der Waals surface area contributed by atoms with Crippen molar-refractivity contribution < 1.29 is 0 Å². The molecule has 0 saturated carbocycles. The maximum atomic E-state index is 4.67. The Kier molecular flexibility index (Phi) is 7.49. The standard InChI is InChI=1S/C53H33N3/c1-2-11-34(12-3-1)37-22-23-44-46(28-37)51(40-16-9-25-55-32-40)48-29-45-42-18-6-7-19-43(42)52(38-21-20-35-13-4-5-14-36(35)27-38)53(41-17-10-26-56-33-41)47(45)30-49(48)50(44)39-15-8-24-54-31-39/h1-33H. The van der Waals surface area contributed by atoms with Crippen molar-refractivity contribution in [3.63, 3.8) is 0 Å². The van der Waals surface area contributed by atoms with E-state index < -0.39 is 0 Å². The minimum atomic E-state index is 1.07. The summed E-state index contributed by atoms with van der Waals surface area (Å²) in [6.07, 6.45) is 11.6. The highest BCUT2D eigenvalue weighted by molar-refractivity contribution is 6.29. The second-order valence-corrected chi connectivity index (χ2v) is 14.4. The molecule has 0 aliphatic heterocycles. The molecule has 0 N–H and O–H groups in total. The molecule has 0 fully saturated rings. The van der Waals surface area contributed by atoms with Crippen LogP contribution in [0.2, 0.25) is 0 Å². The predicted octanol–water partition coefficient (Wildman–Crippen LogP) is 14.0. The Labute approximate surface area is 324 Å². The lowest BCUT2D eigenvalue weighted by Gasteiger charge is -2.22. The number of aromatic nitrogens is 3. The van der Waals surface area contributed by atoms with E-state index in [0.29, 0.717) is 0 Å². The van der Waals surface area contributed by atoms with Crippen LogP contribution >= 0.6 is 0 Å². The average Bonchev–Trinajstić information content (AvgIpc) is 3.28. The van der Waals surface area contributed by atoms with Gasteiger partial charge in [-0.3, -0.25) is 15.0 Å². The molecule has 0 saturated heterocycles. The van der Waals surface area contributed by atoms with Crippen molar-refractivity contribution in [2.24, 2.45) is 0 Å². The van der Waals surface area contributed by atoms with E-state index in [1.54, 1.807) is 0 Å². The summed E-state index contributed by atoms with van der Waals surface area (Å²) < 4.78 is 0. The van der Waals surface area contributed by atoms with Crippen LogP contribution < -0.4 is 0 Å². The molecule has 3 heterocycles. The van der Waals surface area contributed by atoms with Crippen LogP contribution in [-0.2, 0) is 0 Å². The van der Waals surface area contributed by atoms with Crippen molar-refractivity contribution in [2.45, 2.75) is 0 Å². The zero-order valence-corrected chi connectivity index (χ0v) is 30.4. The zero-order valence-electron chi connectivity index (χ0n) is 30.4. The SMILES string of the molecule is c1ccc(-c2ccc3c(-c4cccnc4)c4cc5c(-c6cccnc6)c(-c6ccc7ccccc7c6)c6ccccc6c5cc4c(-c4cccnc4)c3c2)cc1. The second kappa shape index (κ2) is 13.1. The van der Waals surface area contributed by atoms with Crippen LogP contribution in [0, 0.1) is 0 Å². The summed E-state index contributed by atoms with van der Waals surface area (Å²) in [5.41, 5.74) is 11.5. The molecular formula is C53H33N3. The smallest absolute Gasteiger partial charge is 0.0346 e. The molecule has 11 rings (SSSR count). The molecule has 3 aromatic heterocycles. The number of hydrogen-bond donors (Lipinski definition) is 0. The molecular weight excluding hydrogens is 679 g/mol. The first-order valence-corrected chi connectivity index (χ1v) is 19.0. The number of pyridine rings is 3. The van der Waals surface area contributed by atoms with Gasteiger partial charge in [0.05, 0.1) is 0 Å². The minimum Gasteiger partial charge on any atom is -0.264 e. The van der Waals surface area contributed by atoms with Crippen molar-refractivity contribution in [3.05, 3.63) is 201 Å². The molecule has 11 aromatic rings. The molecule has 0 amide bonds. The van der Waals surface area contributed by atoms with Crippen molar-refractivity contribution >= 4 is 53.9 Å². The molecule has 260 valence electrons. The Morgan fingerprint density at radius 1 is 0.232 bits per heavy atom. The van der Waals surface area contributed by atoms with Crippen LogP contribution in [0.4, 0.5) is 0 Å². The summed E-state index contributed by atoms with van der Waals surface area (Å²) in [6.45, 7) is 0. The van der Waals surface area contributed by atoms with Crippen molar-refractivity contribution in [1.29, 1.82) is 0 Å². The first kappa shape index (κ1) is 32.0. The molecule has 0 bridgehead atoms. The number of rotatable bonds is 5. The van der Waals surface area contributed by atoms with Gasteiger partial charge >= 0.3 is 0 Å². The molecule has 0 aliphatic rings. The average molecular weight is 712 g/mol. The Bertz CT molecular complexity index is 3270. The van der Waals surface area contributed by atoms with Gasteiger partial charge in [0, 0.05) is 53.9 Å². The van der Waals surface area contributed by atoms with Gasteiger partial charge in [-0.15, -0.1) is 0 Å². The molecule has 3 nitrogen and oxygen atoms in total. The summed E-state index contributed by atoms with van der Waals surface area (Å²) in [5.74, 6) is 0. The van der Waals surface area contributed by atoms with Gasteiger partial charge in [-0.25, -0.2) is 0 Å². The van der Waals surface area contributed by atoms with Gasteiger partial charge in [-0.1, -0.05) is 121 Å². The highest BCUT2D eigenvalue weighted by atomic mass is 14.6. The lowest BCUT2D eigenvalue weighted by molar-refractivity contribution is 1.33. The van der Waals surface area contributed by atoms with E-state index >= 15 is 0 Å². The van der Waals surface area contributed by atoms with Gasteiger partial charge in [0.25, 0.3) is 0 Å². The van der Waals surface area contributed by atoms with E-state index in [-0.39, 0.29) is 0 Å². The fourth-order valence-corrected chi connectivity index (χ4v) is 8.82. The molecule has 56 heavy (non-hydrogen) atoms. The largest absolute Gasteiger partial charge is 0.264 e. The van der Waals surface area contributed by atoms with E-state index in [4.69, 9.17) is 0 Å². The summed E-state index contributed by atoms with van der Waals surface area (Å²) in [6, 6.07) is 59.4. The predicted molar refractivity (Wildman–Crippen MR) is 235 cm³/mol. The van der Waals surface area contributed by atoms with E-state index in [1.165, 1.54) is 81.9 Å². The van der Waals surface area contributed by atoms with Crippen molar-refractivity contribution in [1.82, 2.24) is 15.0 Å².